The number of halogens is 2. The van der Waals surface area contributed by atoms with Crippen molar-refractivity contribution in [3.63, 3.8) is 0 Å². The van der Waals surface area contributed by atoms with E-state index in [4.69, 9.17) is 11.6 Å². The highest BCUT2D eigenvalue weighted by atomic mass is 35.5. The fourth-order valence-electron chi connectivity index (χ4n) is 5.73. The molecule has 2 N–H and O–H groups in total. The van der Waals surface area contributed by atoms with Gasteiger partial charge in [-0.15, -0.1) is 0 Å². The van der Waals surface area contributed by atoms with E-state index in [2.05, 4.69) is 23.3 Å². The maximum absolute atomic E-state index is 13.0. The monoisotopic (exact) mass is 678 g/mol. The van der Waals surface area contributed by atoms with Crippen LogP contribution in [0.4, 0.5) is 4.39 Å². The van der Waals surface area contributed by atoms with Gasteiger partial charge >= 0.3 is 0 Å². The van der Waals surface area contributed by atoms with E-state index in [0.29, 0.717) is 23.6 Å². The van der Waals surface area contributed by atoms with Crippen molar-refractivity contribution in [3.8, 4) is 0 Å². The summed E-state index contributed by atoms with van der Waals surface area (Å²) < 4.78 is 68.7. The van der Waals surface area contributed by atoms with E-state index in [0.717, 1.165) is 47.2 Å². The molecular formula is C36H36ClFN2O4S2. The van der Waals surface area contributed by atoms with E-state index in [1.165, 1.54) is 12.1 Å². The standard InChI is InChI=1S/C19H20ClNO2S.C17H16FNO2S/c1-19(2)12-17(14-8-10-15(20)11-9-14)18(13-19)21-24(22,23)16-6-4-3-5-7-16;18-14-11-9-13(10-12-14)16-7-4-8-17(16)19-22(20,21)15-5-2-1-3-6-15/h3-11,21H,12-13H2,1-2H3;1-3,5-6,9-12,19H,4,7-8H2. The van der Waals surface area contributed by atoms with Crippen molar-refractivity contribution in [2.24, 2.45) is 5.41 Å². The van der Waals surface area contributed by atoms with Gasteiger partial charge in [-0.1, -0.05) is 86.1 Å². The molecule has 240 valence electrons. The molecule has 10 heteroatoms. The summed E-state index contributed by atoms with van der Waals surface area (Å²) in [6.45, 7) is 4.29. The maximum Gasteiger partial charge on any atom is 0.261 e. The van der Waals surface area contributed by atoms with Gasteiger partial charge in [0.1, 0.15) is 5.82 Å². The Morgan fingerprint density at radius 3 is 1.63 bits per heavy atom. The maximum atomic E-state index is 13.0. The van der Waals surface area contributed by atoms with E-state index in [-0.39, 0.29) is 21.0 Å². The number of hydrogen-bond donors (Lipinski definition) is 2. The second-order valence-corrected chi connectivity index (χ2v) is 15.9. The van der Waals surface area contributed by atoms with Crippen LogP contribution in [0.25, 0.3) is 11.1 Å². The van der Waals surface area contributed by atoms with Crippen LogP contribution >= 0.6 is 11.6 Å². The minimum absolute atomic E-state index is 0.0174. The van der Waals surface area contributed by atoms with Crippen LogP contribution in [0.3, 0.4) is 0 Å². The summed E-state index contributed by atoms with van der Waals surface area (Å²) in [6, 6.07) is 30.4. The first-order valence-electron chi connectivity index (χ1n) is 14.9. The van der Waals surface area contributed by atoms with Gasteiger partial charge in [-0.25, -0.2) is 21.2 Å². The van der Waals surface area contributed by atoms with Gasteiger partial charge in [-0.05, 0) is 108 Å². The van der Waals surface area contributed by atoms with Crippen LogP contribution in [0.2, 0.25) is 5.02 Å². The normalized spacial score (nSPS) is 16.2. The third kappa shape index (κ3) is 8.26. The summed E-state index contributed by atoms with van der Waals surface area (Å²) in [4.78, 5) is 0.519. The first-order valence-corrected chi connectivity index (χ1v) is 18.3. The molecule has 6 rings (SSSR count). The Morgan fingerprint density at radius 1 is 0.609 bits per heavy atom. The minimum atomic E-state index is -3.58. The summed E-state index contributed by atoms with van der Waals surface area (Å²) in [5.74, 6) is -0.297. The molecule has 4 aromatic carbocycles. The number of benzene rings is 4. The van der Waals surface area contributed by atoms with E-state index in [1.807, 2.05) is 24.3 Å². The van der Waals surface area contributed by atoms with E-state index in [9.17, 15) is 21.2 Å². The molecule has 46 heavy (non-hydrogen) atoms. The van der Waals surface area contributed by atoms with Crippen molar-refractivity contribution in [3.05, 3.63) is 143 Å². The predicted molar refractivity (Wildman–Crippen MR) is 182 cm³/mol. The summed E-state index contributed by atoms with van der Waals surface area (Å²) >= 11 is 5.97. The van der Waals surface area contributed by atoms with Gasteiger partial charge in [0.25, 0.3) is 20.0 Å². The van der Waals surface area contributed by atoms with Gasteiger partial charge in [0.2, 0.25) is 0 Å². The molecule has 0 fully saturated rings. The predicted octanol–water partition coefficient (Wildman–Crippen LogP) is 8.55. The fraction of sp³-hybridized carbons (Fsp3) is 0.222. The van der Waals surface area contributed by atoms with E-state index < -0.39 is 20.0 Å². The van der Waals surface area contributed by atoms with Crippen LogP contribution in [0, 0.1) is 11.2 Å². The van der Waals surface area contributed by atoms with Gasteiger partial charge in [-0.3, -0.25) is 9.44 Å². The summed E-state index contributed by atoms with van der Waals surface area (Å²) in [5, 5.41) is 0.669. The van der Waals surface area contributed by atoms with Crippen molar-refractivity contribution >= 4 is 42.8 Å². The lowest BCUT2D eigenvalue weighted by Crippen LogP contribution is -2.24. The highest BCUT2D eigenvalue weighted by molar-refractivity contribution is 7.90. The zero-order valence-corrected chi connectivity index (χ0v) is 28.0. The Hall–Kier alpha value is -3.92. The third-order valence-corrected chi connectivity index (χ3v) is 11.0. The lowest BCUT2D eigenvalue weighted by Gasteiger charge is -2.17. The van der Waals surface area contributed by atoms with Crippen LogP contribution in [-0.4, -0.2) is 16.8 Å². The van der Waals surface area contributed by atoms with Gasteiger partial charge in [0, 0.05) is 16.4 Å². The fourth-order valence-corrected chi connectivity index (χ4v) is 8.19. The van der Waals surface area contributed by atoms with Crippen molar-refractivity contribution in [1.82, 2.24) is 9.44 Å². The van der Waals surface area contributed by atoms with Crippen LogP contribution in [0.15, 0.2) is 130 Å². The van der Waals surface area contributed by atoms with Gasteiger partial charge in [0.05, 0.1) is 9.79 Å². The Bertz CT molecular complexity index is 1960. The SMILES string of the molecule is CC1(C)CC(NS(=O)(=O)c2ccccc2)=C(c2ccc(Cl)cc2)C1.O=S(=O)(NC1=C(c2ccc(F)cc2)CCC1)c1ccccc1. The average Bonchev–Trinajstić information content (AvgIpc) is 3.61. The number of rotatable bonds is 8. The van der Waals surface area contributed by atoms with Gasteiger partial charge < -0.3 is 0 Å². The first-order chi connectivity index (χ1) is 21.8. The summed E-state index contributed by atoms with van der Waals surface area (Å²) in [5.41, 5.74) is 5.35. The zero-order chi connectivity index (χ0) is 33.0. The minimum Gasteiger partial charge on any atom is -0.283 e. The largest absolute Gasteiger partial charge is 0.283 e. The van der Waals surface area contributed by atoms with Crippen molar-refractivity contribution < 1.29 is 21.2 Å². The molecule has 4 aromatic rings. The van der Waals surface area contributed by atoms with Gasteiger partial charge in [-0.2, -0.15) is 0 Å². The lowest BCUT2D eigenvalue weighted by molar-refractivity contribution is 0.394. The Kier molecular flexibility index (Phi) is 10.1. The number of nitrogens with one attached hydrogen (secondary N) is 2. The molecule has 0 bridgehead atoms. The highest BCUT2D eigenvalue weighted by Gasteiger charge is 2.33. The molecule has 0 atom stereocenters. The molecule has 0 unspecified atom stereocenters. The molecule has 0 saturated heterocycles. The molecule has 0 aromatic heterocycles. The molecule has 0 radical (unpaired) electrons. The molecule has 0 spiro atoms. The second kappa shape index (κ2) is 13.8. The van der Waals surface area contributed by atoms with E-state index >= 15 is 0 Å². The Balaban J connectivity index is 0.000000182. The quantitative estimate of drug-likeness (QED) is 0.195. The van der Waals surface area contributed by atoms with E-state index in [1.54, 1.807) is 72.8 Å². The van der Waals surface area contributed by atoms with Gasteiger partial charge in [0.15, 0.2) is 0 Å². The number of allylic oxidation sites excluding steroid dienone is 4. The Morgan fingerprint density at radius 2 is 1.09 bits per heavy atom. The van der Waals surface area contributed by atoms with Crippen LogP contribution < -0.4 is 9.44 Å². The van der Waals surface area contributed by atoms with Crippen molar-refractivity contribution in [2.45, 2.75) is 55.7 Å². The van der Waals surface area contributed by atoms with Crippen molar-refractivity contribution in [2.75, 3.05) is 0 Å². The smallest absolute Gasteiger partial charge is 0.261 e. The van der Waals surface area contributed by atoms with Crippen LogP contribution in [-0.2, 0) is 20.0 Å². The molecule has 0 aliphatic heterocycles. The Labute approximate surface area is 276 Å². The van der Waals surface area contributed by atoms with Crippen LogP contribution in [0.5, 0.6) is 0 Å². The lowest BCUT2D eigenvalue weighted by atomic mass is 9.88. The number of sulfonamides is 2. The average molecular weight is 679 g/mol. The first kappa shape index (κ1) is 33.4. The summed E-state index contributed by atoms with van der Waals surface area (Å²) in [7, 11) is -7.15. The third-order valence-electron chi connectivity index (χ3n) is 7.90. The molecule has 0 saturated carbocycles. The number of hydrogen-bond acceptors (Lipinski definition) is 4. The van der Waals surface area contributed by atoms with Crippen molar-refractivity contribution in [1.29, 1.82) is 0 Å². The molecule has 2 aliphatic carbocycles. The van der Waals surface area contributed by atoms with Crippen LogP contribution in [0.1, 0.15) is 57.1 Å². The molecule has 0 heterocycles. The topological polar surface area (TPSA) is 92.3 Å². The molecule has 0 amide bonds. The molecule has 6 nitrogen and oxygen atoms in total. The highest BCUT2D eigenvalue weighted by Crippen LogP contribution is 2.45. The zero-order valence-electron chi connectivity index (χ0n) is 25.6. The molecular weight excluding hydrogens is 643 g/mol. The second-order valence-electron chi connectivity index (χ2n) is 12.1. The summed E-state index contributed by atoms with van der Waals surface area (Å²) in [6.07, 6.45) is 3.87. The molecule has 2 aliphatic rings.